The van der Waals surface area contributed by atoms with Crippen LogP contribution in [-0.2, 0) is 21.4 Å². The number of rotatable bonds is 5. The van der Waals surface area contributed by atoms with E-state index >= 15 is 0 Å². The van der Waals surface area contributed by atoms with E-state index in [1.807, 2.05) is 49.4 Å². The fourth-order valence-corrected chi connectivity index (χ4v) is 5.80. The summed E-state index contributed by atoms with van der Waals surface area (Å²) in [5.41, 5.74) is 2.21. The number of nitrogens with zero attached hydrogens (tertiary/aromatic N) is 1. The first-order valence-electron chi connectivity index (χ1n) is 11.1. The first-order chi connectivity index (χ1) is 16.8. The van der Waals surface area contributed by atoms with Crippen molar-refractivity contribution < 1.29 is 17.9 Å². The van der Waals surface area contributed by atoms with E-state index in [-0.39, 0.29) is 23.7 Å². The largest absolute Gasteiger partial charge is 0.476 e. The van der Waals surface area contributed by atoms with Gasteiger partial charge in [0.15, 0.2) is 6.10 Å². The summed E-state index contributed by atoms with van der Waals surface area (Å²) >= 11 is 6.17. The molecule has 0 spiro atoms. The fourth-order valence-electron chi connectivity index (χ4n) is 4.17. The van der Waals surface area contributed by atoms with Gasteiger partial charge < -0.3 is 10.1 Å². The number of anilines is 1. The third kappa shape index (κ3) is 4.57. The first kappa shape index (κ1) is 23.2. The van der Waals surface area contributed by atoms with Gasteiger partial charge in [-0.1, -0.05) is 71.8 Å². The Labute approximate surface area is 209 Å². The number of hydrogen-bond acceptors (Lipinski definition) is 4. The minimum atomic E-state index is -3.96. The molecule has 1 unspecified atom stereocenters. The molecule has 1 amide bonds. The van der Waals surface area contributed by atoms with Crippen LogP contribution in [0.2, 0.25) is 5.02 Å². The molecule has 1 heterocycles. The van der Waals surface area contributed by atoms with Crippen molar-refractivity contribution in [3.63, 3.8) is 0 Å². The van der Waals surface area contributed by atoms with Gasteiger partial charge in [0, 0.05) is 11.6 Å². The molecule has 0 aromatic heterocycles. The van der Waals surface area contributed by atoms with Crippen molar-refractivity contribution in [1.29, 1.82) is 0 Å². The van der Waals surface area contributed by atoms with Crippen LogP contribution in [0.1, 0.15) is 11.1 Å². The van der Waals surface area contributed by atoms with Crippen molar-refractivity contribution in [3.05, 3.63) is 101 Å². The van der Waals surface area contributed by atoms with Gasteiger partial charge in [-0.2, -0.15) is 0 Å². The Bertz CT molecular complexity index is 1520. The summed E-state index contributed by atoms with van der Waals surface area (Å²) in [6.45, 7) is 2.00. The molecule has 4 aromatic rings. The van der Waals surface area contributed by atoms with Gasteiger partial charge >= 0.3 is 0 Å². The SMILES string of the molecule is Cc1ccc(S(=O)(=O)N2CC(C(=O)NCc3cccc4ccccc34)Oc3ccc(Cl)cc32)cc1. The summed E-state index contributed by atoms with van der Waals surface area (Å²) in [6.07, 6.45) is -1.03. The highest BCUT2D eigenvalue weighted by atomic mass is 35.5. The van der Waals surface area contributed by atoms with E-state index in [9.17, 15) is 13.2 Å². The summed E-state index contributed by atoms with van der Waals surface area (Å²) in [6, 6.07) is 25.2. The Hall–Kier alpha value is -3.55. The number of nitrogens with one attached hydrogen (secondary N) is 1. The minimum absolute atomic E-state index is 0.130. The summed E-state index contributed by atoms with van der Waals surface area (Å²) in [5, 5.41) is 5.40. The van der Waals surface area contributed by atoms with Crippen LogP contribution in [0.3, 0.4) is 0 Å². The smallest absolute Gasteiger partial charge is 0.264 e. The molecule has 0 bridgehead atoms. The van der Waals surface area contributed by atoms with E-state index < -0.39 is 22.0 Å². The maximum atomic E-state index is 13.6. The number of carbonyl (C=O) groups excluding carboxylic acids is 1. The van der Waals surface area contributed by atoms with Crippen LogP contribution in [0.25, 0.3) is 10.8 Å². The number of halogens is 1. The second-order valence-electron chi connectivity index (χ2n) is 8.42. The second kappa shape index (κ2) is 9.24. The molecular formula is C27H23ClN2O4S. The molecule has 0 radical (unpaired) electrons. The van der Waals surface area contributed by atoms with Gasteiger partial charge in [0.2, 0.25) is 0 Å². The van der Waals surface area contributed by atoms with E-state index in [1.165, 1.54) is 10.4 Å². The van der Waals surface area contributed by atoms with Gasteiger partial charge in [-0.25, -0.2) is 8.42 Å². The molecule has 1 aliphatic rings. The van der Waals surface area contributed by atoms with Crippen LogP contribution in [0.5, 0.6) is 5.75 Å². The lowest BCUT2D eigenvalue weighted by molar-refractivity contribution is -0.127. The van der Waals surface area contributed by atoms with Crippen molar-refractivity contribution in [3.8, 4) is 5.75 Å². The molecular weight excluding hydrogens is 484 g/mol. The number of fused-ring (bicyclic) bond motifs is 2. The van der Waals surface area contributed by atoms with E-state index in [2.05, 4.69) is 5.32 Å². The number of ether oxygens (including phenoxy) is 1. The van der Waals surface area contributed by atoms with Gasteiger partial charge in [0.25, 0.3) is 15.9 Å². The number of benzene rings is 4. The highest BCUT2D eigenvalue weighted by Crippen LogP contribution is 2.39. The Morgan fingerprint density at radius 2 is 1.77 bits per heavy atom. The first-order valence-corrected chi connectivity index (χ1v) is 12.9. The van der Waals surface area contributed by atoms with E-state index in [0.29, 0.717) is 10.7 Å². The Kier molecular flexibility index (Phi) is 6.13. The molecule has 4 aromatic carbocycles. The monoisotopic (exact) mass is 506 g/mol. The highest BCUT2D eigenvalue weighted by molar-refractivity contribution is 7.92. The molecule has 0 saturated heterocycles. The zero-order chi connectivity index (χ0) is 24.6. The summed E-state index contributed by atoms with van der Waals surface area (Å²) in [7, 11) is -3.96. The van der Waals surface area contributed by atoms with Crippen LogP contribution in [-0.4, -0.2) is 27.0 Å². The molecule has 8 heteroatoms. The third-order valence-corrected chi connectivity index (χ3v) is 8.05. The molecule has 1 N–H and O–H groups in total. The number of aryl methyl sites for hydroxylation is 1. The lowest BCUT2D eigenvalue weighted by atomic mass is 10.0. The number of hydrogen-bond donors (Lipinski definition) is 1. The summed E-state index contributed by atoms with van der Waals surface area (Å²) in [4.78, 5) is 13.3. The van der Waals surface area contributed by atoms with Gasteiger partial charge in [-0.3, -0.25) is 9.10 Å². The van der Waals surface area contributed by atoms with Crippen LogP contribution in [0, 0.1) is 6.92 Å². The van der Waals surface area contributed by atoms with Crippen molar-refractivity contribution in [2.24, 2.45) is 0 Å². The third-order valence-electron chi connectivity index (χ3n) is 6.02. The van der Waals surface area contributed by atoms with Gasteiger partial charge in [0.05, 0.1) is 17.1 Å². The number of sulfonamides is 1. The molecule has 35 heavy (non-hydrogen) atoms. The number of amides is 1. The van der Waals surface area contributed by atoms with E-state index in [0.717, 1.165) is 21.9 Å². The van der Waals surface area contributed by atoms with E-state index in [1.54, 1.807) is 36.4 Å². The lowest BCUT2D eigenvalue weighted by Gasteiger charge is -2.35. The predicted molar refractivity (Wildman–Crippen MR) is 137 cm³/mol. The van der Waals surface area contributed by atoms with Crippen LogP contribution < -0.4 is 14.4 Å². The minimum Gasteiger partial charge on any atom is -0.476 e. The Morgan fingerprint density at radius 3 is 2.57 bits per heavy atom. The van der Waals surface area contributed by atoms with E-state index in [4.69, 9.17) is 16.3 Å². The Balaban J connectivity index is 1.43. The molecule has 0 aliphatic carbocycles. The molecule has 6 nitrogen and oxygen atoms in total. The normalized spacial score (nSPS) is 15.4. The van der Waals surface area contributed by atoms with Crippen LogP contribution >= 0.6 is 11.6 Å². The Morgan fingerprint density at radius 1 is 1.03 bits per heavy atom. The van der Waals surface area contributed by atoms with Crippen LogP contribution in [0.15, 0.2) is 89.8 Å². The number of carbonyl (C=O) groups is 1. The maximum Gasteiger partial charge on any atom is 0.264 e. The second-order valence-corrected chi connectivity index (χ2v) is 10.7. The van der Waals surface area contributed by atoms with Crippen molar-refractivity contribution in [2.45, 2.75) is 24.5 Å². The standard InChI is InChI=1S/C27H23ClN2O4S/c1-18-9-12-22(13-10-18)35(32,33)30-17-26(34-25-14-11-21(28)15-24(25)30)27(31)29-16-20-7-4-6-19-5-2-3-8-23(19)20/h2-15,26H,16-17H2,1H3,(H,29,31). The topological polar surface area (TPSA) is 75.7 Å². The quantitative estimate of drug-likeness (QED) is 0.410. The molecule has 178 valence electrons. The molecule has 0 saturated carbocycles. The summed E-state index contributed by atoms with van der Waals surface area (Å²) in [5.74, 6) is -0.121. The summed E-state index contributed by atoms with van der Waals surface area (Å²) < 4.78 is 34.3. The average molecular weight is 507 g/mol. The van der Waals surface area contributed by atoms with Crippen molar-refractivity contribution >= 4 is 44.0 Å². The van der Waals surface area contributed by atoms with Crippen LogP contribution in [0.4, 0.5) is 5.69 Å². The zero-order valence-electron chi connectivity index (χ0n) is 18.9. The van der Waals surface area contributed by atoms with Crippen molar-refractivity contribution in [2.75, 3.05) is 10.8 Å². The lowest BCUT2D eigenvalue weighted by Crippen LogP contribution is -2.50. The van der Waals surface area contributed by atoms with Gasteiger partial charge in [-0.05, 0) is 53.6 Å². The van der Waals surface area contributed by atoms with Gasteiger partial charge in [-0.15, -0.1) is 0 Å². The molecule has 5 rings (SSSR count). The maximum absolute atomic E-state index is 13.6. The molecule has 0 fully saturated rings. The van der Waals surface area contributed by atoms with Gasteiger partial charge in [0.1, 0.15) is 5.75 Å². The highest BCUT2D eigenvalue weighted by Gasteiger charge is 2.37. The van der Waals surface area contributed by atoms with Crippen molar-refractivity contribution in [1.82, 2.24) is 5.32 Å². The predicted octanol–water partition coefficient (Wildman–Crippen LogP) is 5.07. The zero-order valence-corrected chi connectivity index (χ0v) is 20.5. The molecule has 1 atom stereocenters. The fraction of sp³-hybridized carbons (Fsp3) is 0.148. The average Bonchev–Trinajstić information content (AvgIpc) is 2.86. The molecule has 1 aliphatic heterocycles.